The second kappa shape index (κ2) is 6.16. The maximum Gasteiger partial charge on any atom is 0.232 e. The quantitative estimate of drug-likeness (QED) is 0.728. The molecule has 5 nitrogen and oxygen atoms in total. The van der Waals surface area contributed by atoms with Crippen LogP contribution in [0.1, 0.15) is 23.8 Å². The van der Waals surface area contributed by atoms with Gasteiger partial charge < -0.3 is 9.42 Å². The van der Waals surface area contributed by atoms with Gasteiger partial charge in [-0.15, -0.1) is 11.3 Å². The second-order valence-corrected chi connectivity index (χ2v) is 6.69. The predicted molar refractivity (Wildman–Crippen MR) is 86.8 cm³/mol. The maximum absolute atomic E-state index is 13.3. The fraction of sp³-hybridized carbons (Fsp3) is 0.235. The van der Waals surface area contributed by atoms with Gasteiger partial charge in [0.2, 0.25) is 17.6 Å². The van der Waals surface area contributed by atoms with Crippen molar-refractivity contribution in [3.63, 3.8) is 0 Å². The Bertz CT molecular complexity index is 862. The number of rotatable bonds is 4. The molecule has 0 saturated carbocycles. The van der Waals surface area contributed by atoms with Gasteiger partial charge in [-0.05, 0) is 29.1 Å². The monoisotopic (exact) mass is 343 g/mol. The van der Waals surface area contributed by atoms with E-state index in [0.717, 1.165) is 10.4 Å². The van der Waals surface area contributed by atoms with E-state index in [1.165, 1.54) is 23.5 Å². The van der Waals surface area contributed by atoms with Crippen molar-refractivity contribution in [3.8, 4) is 10.7 Å². The number of likely N-dealkylation sites (tertiary alicyclic amines) is 1. The van der Waals surface area contributed by atoms with Crippen molar-refractivity contribution in [2.45, 2.75) is 18.9 Å². The topological polar surface area (TPSA) is 59.2 Å². The van der Waals surface area contributed by atoms with E-state index in [9.17, 15) is 9.18 Å². The lowest BCUT2D eigenvalue weighted by atomic mass is 10.1. The molecule has 1 aliphatic rings. The van der Waals surface area contributed by atoms with Gasteiger partial charge in [-0.1, -0.05) is 23.4 Å². The predicted octanol–water partition coefficient (Wildman–Crippen LogP) is 3.45. The van der Waals surface area contributed by atoms with Crippen LogP contribution in [0.4, 0.5) is 4.39 Å². The van der Waals surface area contributed by atoms with Crippen molar-refractivity contribution in [2.24, 2.45) is 0 Å². The van der Waals surface area contributed by atoms with Crippen LogP contribution in [0.5, 0.6) is 0 Å². The fourth-order valence-electron chi connectivity index (χ4n) is 2.85. The van der Waals surface area contributed by atoms with E-state index in [0.29, 0.717) is 31.2 Å². The summed E-state index contributed by atoms with van der Waals surface area (Å²) >= 11 is 1.54. The third-order valence-corrected chi connectivity index (χ3v) is 4.88. The summed E-state index contributed by atoms with van der Waals surface area (Å²) in [5.74, 6) is 0.630. The highest BCUT2D eigenvalue weighted by atomic mass is 32.1. The molecule has 24 heavy (non-hydrogen) atoms. The van der Waals surface area contributed by atoms with Gasteiger partial charge in [-0.25, -0.2) is 4.39 Å². The zero-order valence-electron chi connectivity index (χ0n) is 12.7. The first-order valence-corrected chi connectivity index (χ1v) is 8.47. The number of carbonyl (C=O) groups is 1. The summed E-state index contributed by atoms with van der Waals surface area (Å²) in [4.78, 5) is 19.3. The number of amides is 1. The van der Waals surface area contributed by atoms with Crippen LogP contribution in [0.3, 0.4) is 0 Å². The van der Waals surface area contributed by atoms with Crippen LogP contribution in [-0.4, -0.2) is 27.5 Å². The number of carbonyl (C=O) groups excluding carboxylic acids is 1. The molecule has 1 aliphatic heterocycles. The summed E-state index contributed by atoms with van der Waals surface area (Å²) in [6, 6.07) is 10.1. The minimum Gasteiger partial charge on any atom is -0.339 e. The molecule has 7 heteroatoms. The first kappa shape index (κ1) is 15.0. The second-order valence-electron chi connectivity index (χ2n) is 5.74. The lowest BCUT2D eigenvalue weighted by molar-refractivity contribution is -0.128. The van der Waals surface area contributed by atoms with Crippen LogP contribution >= 0.6 is 11.3 Å². The molecule has 1 atom stereocenters. The number of halogens is 1. The van der Waals surface area contributed by atoms with Gasteiger partial charge in [-0.2, -0.15) is 4.98 Å². The average Bonchev–Trinajstić information content (AvgIpc) is 3.28. The Labute approximate surface area is 141 Å². The number of benzene rings is 1. The molecule has 0 bridgehead atoms. The van der Waals surface area contributed by atoms with Crippen molar-refractivity contribution >= 4 is 17.2 Å². The zero-order chi connectivity index (χ0) is 16.5. The summed E-state index contributed by atoms with van der Waals surface area (Å²) < 4.78 is 18.6. The molecule has 1 aromatic carbocycles. The maximum atomic E-state index is 13.3. The molecular weight excluding hydrogens is 329 g/mol. The lowest BCUT2D eigenvalue weighted by Gasteiger charge is -2.16. The molecule has 0 N–H and O–H groups in total. The Balaban J connectivity index is 1.48. The largest absolute Gasteiger partial charge is 0.339 e. The molecule has 0 spiro atoms. The standard InChI is InChI=1S/C17H14FN3O2S/c18-13-4-1-3-11(7-13)9-21-10-12(8-15(21)22)17-19-16(20-23-17)14-5-2-6-24-14/h1-7,12H,8-10H2/t12-/m0/s1. The summed E-state index contributed by atoms with van der Waals surface area (Å²) in [5.41, 5.74) is 0.772. The third-order valence-electron chi connectivity index (χ3n) is 4.01. The molecule has 3 aromatic rings. The van der Waals surface area contributed by atoms with Gasteiger partial charge in [0.25, 0.3) is 0 Å². The Morgan fingerprint density at radius 1 is 1.33 bits per heavy atom. The lowest BCUT2D eigenvalue weighted by Crippen LogP contribution is -2.24. The van der Waals surface area contributed by atoms with E-state index in [4.69, 9.17) is 4.52 Å². The van der Waals surface area contributed by atoms with Crippen molar-refractivity contribution in [1.82, 2.24) is 15.0 Å². The highest BCUT2D eigenvalue weighted by Crippen LogP contribution is 2.30. The van der Waals surface area contributed by atoms with E-state index in [-0.39, 0.29) is 17.6 Å². The van der Waals surface area contributed by atoms with Crippen LogP contribution in [-0.2, 0) is 11.3 Å². The molecule has 3 heterocycles. The van der Waals surface area contributed by atoms with E-state index in [2.05, 4.69) is 10.1 Å². The van der Waals surface area contributed by atoms with Crippen LogP contribution in [0.2, 0.25) is 0 Å². The molecule has 1 fully saturated rings. The zero-order valence-corrected chi connectivity index (χ0v) is 13.5. The fourth-order valence-corrected chi connectivity index (χ4v) is 3.50. The SMILES string of the molecule is O=C1C[C@H](c2nc(-c3cccs3)no2)CN1Cc1cccc(F)c1. The summed E-state index contributed by atoms with van der Waals surface area (Å²) in [5, 5.41) is 5.94. The molecule has 4 rings (SSSR count). The molecular formula is C17H14FN3O2S. The van der Waals surface area contributed by atoms with E-state index >= 15 is 0 Å². The molecule has 0 aliphatic carbocycles. The number of hydrogen-bond acceptors (Lipinski definition) is 5. The number of nitrogens with zero attached hydrogens (tertiary/aromatic N) is 3. The first-order chi connectivity index (χ1) is 11.7. The van der Waals surface area contributed by atoms with Crippen LogP contribution in [0.15, 0.2) is 46.3 Å². The molecule has 2 aromatic heterocycles. The highest BCUT2D eigenvalue weighted by molar-refractivity contribution is 7.13. The smallest absolute Gasteiger partial charge is 0.232 e. The Kier molecular flexibility index (Phi) is 3.86. The molecule has 1 saturated heterocycles. The number of hydrogen-bond donors (Lipinski definition) is 0. The summed E-state index contributed by atoms with van der Waals surface area (Å²) in [6.45, 7) is 0.889. The first-order valence-electron chi connectivity index (χ1n) is 7.59. The van der Waals surface area contributed by atoms with Gasteiger partial charge in [0.1, 0.15) is 5.82 Å². The van der Waals surface area contributed by atoms with Crippen molar-refractivity contribution < 1.29 is 13.7 Å². The Morgan fingerprint density at radius 3 is 3.04 bits per heavy atom. The van der Waals surface area contributed by atoms with E-state index in [1.54, 1.807) is 11.0 Å². The Morgan fingerprint density at radius 2 is 2.25 bits per heavy atom. The van der Waals surface area contributed by atoms with Crippen molar-refractivity contribution in [1.29, 1.82) is 0 Å². The van der Waals surface area contributed by atoms with Gasteiger partial charge >= 0.3 is 0 Å². The van der Waals surface area contributed by atoms with E-state index < -0.39 is 0 Å². The molecule has 1 amide bonds. The minimum atomic E-state index is -0.298. The summed E-state index contributed by atoms with van der Waals surface area (Å²) in [6.07, 6.45) is 0.335. The van der Waals surface area contributed by atoms with Crippen LogP contribution < -0.4 is 0 Å². The van der Waals surface area contributed by atoms with Crippen molar-refractivity contribution in [2.75, 3.05) is 6.54 Å². The minimum absolute atomic E-state index is 0.0140. The van der Waals surface area contributed by atoms with E-state index in [1.807, 2.05) is 23.6 Å². The molecule has 0 radical (unpaired) electrons. The van der Waals surface area contributed by atoms with Crippen molar-refractivity contribution in [3.05, 3.63) is 59.0 Å². The average molecular weight is 343 g/mol. The van der Waals surface area contributed by atoms with Gasteiger partial charge in [0, 0.05) is 19.5 Å². The number of thiophene rings is 1. The number of aromatic nitrogens is 2. The Hall–Kier alpha value is -2.54. The van der Waals surface area contributed by atoms with Gasteiger partial charge in [0.05, 0.1) is 10.8 Å². The summed E-state index contributed by atoms with van der Waals surface area (Å²) in [7, 11) is 0. The van der Waals surface area contributed by atoms with Gasteiger partial charge in [0.15, 0.2) is 0 Å². The van der Waals surface area contributed by atoms with Crippen LogP contribution in [0, 0.1) is 5.82 Å². The normalized spacial score (nSPS) is 17.6. The molecule has 0 unspecified atom stereocenters. The third kappa shape index (κ3) is 2.94. The van der Waals surface area contributed by atoms with Crippen LogP contribution in [0.25, 0.3) is 10.7 Å². The van der Waals surface area contributed by atoms with Gasteiger partial charge in [-0.3, -0.25) is 4.79 Å². The molecule has 122 valence electrons. The highest BCUT2D eigenvalue weighted by Gasteiger charge is 2.34.